The molecule has 1 N–H and O–H groups in total. The highest BCUT2D eigenvalue weighted by Gasteiger charge is 2.50. The summed E-state index contributed by atoms with van der Waals surface area (Å²) in [6, 6.07) is 4.73. The number of ether oxygens (including phenoxy) is 2. The first kappa shape index (κ1) is 33.8. The van der Waals surface area contributed by atoms with Gasteiger partial charge in [-0.2, -0.15) is 33.4 Å². The van der Waals surface area contributed by atoms with Crippen LogP contribution in [-0.4, -0.2) is 91.7 Å². The summed E-state index contributed by atoms with van der Waals surface area (Å²) >= 11 is 0. The minimum atomic E-state index is -4.77. The Bertz CT molecular complexity index is 1630. The predicted molar refractivity (Wildman–Crippen MR) is 152 cm³/mol. The smallest absolute Gasteiger partial charge is 0.427 e. The number of nitrogens with zero attached hydrogens (tertiary/aromatic N) is 7. The number of hydrogen-bond acceptors (Lipinski definition) is 10. The van der Waals surface area contributed by atoms with Gasteiger partial charge in [0.15, 0.2) is 0 Å². The third kappa shape index (κ3) is 7.22. The molecule has 4 heterocycles. The maximum atomic E-state index is 14.7. The molecule has 2 fully saturated rings. The van der Waals surface area contributed by atoms with E-state index in [9.17, 15) is 37.1 Å². The van der Waals surface area contributed by atoms with Gasteiger partial charge < -0.3 is 24.0 Å². The number of aromatic nitrogens is 4. The molecule has 0 unspecified atom stereocenters. The van der Waals surface area contributed by atoms with Crippen LogP contribution in [0, 0.1) is 23.0 Å². The second-order valence-corrected chi connectivity index (χ2v) is 12.0. The fraction of sp³-hybridized carbons (Fsp3) is 0.533. The standard InChI is InChI=1S/C30H32F5N7O5/c1-29(2,23-18(31)6-4-7-19(23)32)27-39-26(40-47-27)25-37-21(45-17-10-13-42(28(43)44)16(14-17)9-11-36)15-22(38-25)46-24(30(33,34)35)20-8-5-12-41(20)3/h4,6-7,15-17,20,24H,5,8-10,12-14H2,1-3H3,(H,43,44)/t16-,17+,20+,24-/m1/s1. The summed E-state index contributed by atoms with van der Waals surface area (Å²) in [5.41, 5.74) is -1.82. The molecule has 0 bridgehead atoms. The molecule has 1 amide bonds. The summed E-state index contributed by atoms with van der Waals surface area (Å²) in [6.07, 6.45) is -7.87. The summed E-state index contributed by atoms with van der Waals surface area (Å²) < 4.78 is 89.1. The van der Waals surface area contributed by atoms with Crippen LogP contribution >= 0.6 is 0 Å². The van der Waals surface area contributed by atoms with E-state index in [0.29, 0.717) is 13.0 Å². The number of carboxylic acid groups (broad SMARTS) is 1. The van der Waals surface area contributed by atoms with Crippen molar-refractivity contribution in [1.29, 1.82) is 5.26 Å². The number of halogens is 5. The number of likely N-dealkylation sites (N-methyl/N-ethyl adjacent to an activating group) is 1. The van der Waals surface area contributed by atoms with Gasteiger partial charge in [-0.05, 0) is 52.4 Å². The van der Waals surface area contributed by atoms with E-state index in [1.807, 2.05) is 6.07 Å². The number of benzene rings is 1. The minimum Gasteiger partial charge on any atom is -0.474 e. The van der Waals surface area contributed by atoms with E-state index < -0.39 is 59.5 Å². The van der Waals surface area contributed by atoms with Gasteiger partial charge in [0.2, 0.25) is 35.4 Å². The predicted octanol–water partition coefficient (Wildman–Crippen LogP) is 5.34. The van der Waals surface area contributed by atoms with Crippen molar-refractivity contribution in [3.8, 4) is 29.5 Å². The van der Waals surface area contributed by atoms with Gasteiger partial charge in [-0.1, -0.05) is 11.2 Å². The molecule has 0 spiro atoms. The second-order valence-electron chi connectivity index (χ2n) is 12.0. The SMILES string of the molecule is CN1CCC[C@H]1[C@@H](Oc1cc(O[C@H]2CCN(C(=O)O)[C@H](CC#N)C2)nc(-c2noc(C(C)(C)c3c(F)cccc3F)n2)n1)C(F)(F)F. The first-order valence-electron chi connectivity index (χ1n) is 14.8. The summed E-state index contributed by atoms with van der Waals surface area (Å²) in [4.78, 5) is 27.0. The van der Waals surface area contributed by atoms with Gasteiger partial charge in [-0.25, -0.2) is 13.6 Å². The molecule has 2 saturated heterocycles. The Balaban J connectivity index is 1.51. The van der Waals surface area contributed by atoms with Crippen LogP contribution in [0.3, 0.4) is 0 Å². The molecule has 2 aliphatic rings. The second kappa shape index (κ2) is 13.3. The van der Waals surface area contributed by atoms with Gasteiger partial charge in [-0.15, -0.1) is 0 Å². The molecule has 12 nitrogen and oxygen atoms in total. The Hall–Kier alpha value is -4.59. The maximum Gasteiger partial charge on any atom is 0.427 e. The van der Waals surface area contributed by atoms with Gasteiger partial charge in [-0.3, -0.25) is 4.90 Å². The number of alkyl halides is 3. The summed E-state index contributed by atoms with van der Waals surface area (Å²) in [6.45, 7) is 3.41. The van der Waals surface area contributed by atoms with Gasteiger partial charge in [0.05, 0.1) is 36.1 Å². The van der Waals surface area contributed by atoms with E-state index in [2.05, 4.69) is 20.1 Å². The number of hydrogen-bond donors (Lipinski definition) is 1. The van der Waals surface area contributed by atoms with Crippen molar-refractivity contribution in [2.24, 2.45) is 0 Å². The van der Waals surface area contributed by atoms with Gasteiger partial charge >= 0.3 is 12.3 Å². The lowest BCUT2D eigenvalue weighted by Gasteiger charge is -2.36. The quantitative estimate of drug-likeness (QED) is 0.295. The zero-order chi connectivity index (χ0) is 34.1. The van der Waals surface area contributed by atoms with Crippen molar-refractivity contribution in [2.75, 3.05) is 20.1 Å². The third-order valence-electron chi connectivity index (χ3n) is 8.45. The molecular weight excluding hydrogens is 633 g/mol. The zero-order valence-electron chi connectivity index (χ0n) is 25.7. The number of rotatable bonds is 9. The number of nitriles is 1. The molecule has 17 heteroatoms. The molecule has 0 radical (unpaired) electrons. The average molecular weight is 666 g/mol. The van der Waals surface area contributed by atoms with E-state index in [4.69, 9.17) is 14.0 Å². The van der Waals surface area contributed by atoms with Crippen molar-refractivity contribution < 1.29 is 45.8 Å². The van der Waals surface area contributed by atoms with Crippen molar-refractivity contribution in [2.45, 2.75) is 81.8 Å². The molecule has 2 aliphatic heterocycles. The van der Waals surface area contributed by atoms with Crippen LogP contribution in [0.15, 0.2) is 28.8 Å². The van der Waals surface area contributed by atoms with E-state index in [-0.39, 0.29) is 61.2 Å². The van der Waals surface area contributed by atoms with Gasteiger partial charge in [0, 0.05) is 24.9 Å². The molecule has 0 aliphatic carbocycles. The Morgan fingerprint density at radius 2 is 1.83 bits per heavy atom. The van der Waals surface area contributed by atoms with E-state index in [1.165, 1.54) is 19.9 Å². The maximum absolute atomic E-state index is 14.7. The van der Waals surface area contributed by atoms with Crippen LogP contribution in [0.2, 0.25) is 0 Å². The topological polar surface area (TPSA) is 151 Å². The summed E-state index contributed by atoms with van der Waals surface area (Å²) in [7, 11) is 1.57. The summed E-state index contributed by atoms with van der Waals surface area (Å²) in [5, 5.41) is 22.6. The summed E-state index contributed by atoms with van der Waals surface area (Å²) in [5.74, 6) is -3.32. The third-order valence-corrected chi connectivity index (χ3v) is 8.45. The molecule has 47 heavy (non-hydrogen) atoms. The average Bonchev–Trinajstić information content (AvgIpc) is 3.65. The van der Waals surface area contributed by atoms with Crippen molar-refractivity contribution in [1.82, 2.24) is 29.9 Å². The lowest BCUT2D eigenvalue weighted by molar-refractivity contribution is -0.209. The van der Waals surface area contributed by atoms with Gasteiger partial charge in [0.1, 0.15) is 17.7 Å². The van der Waals surface area contributed by atoms with Crippen LogP contribution in [0.1, 0.15) is 57.4 Å². The van der Waals surface area contributed by atoms with Crippen molar-refractivity contribution >= 4 is 6.09 Å². The van der Waals surface area contributed by atoms with Crippen LogP contribution in [0.25, 0.3) is 11.6 Å². The molecule has 1 aromatic carbocycles. The van der Waals surface area contributed by atoms with Crippen LogP contribution in [-0.2, 0) is 5.41 Å². The first-order valence-corrected chi connectivity index (χ1v) is 14.8. The molecule has 4 atom stereocenters. The molecule has 252 valence electrons. The molecule has 3 aromatic rings. The lowest BCUT2D eigenvalue weighted by Crippen LogP contribution is -2.49. The van der Waals surface area contributed by atoms with Crippen molar-refractivity contribution in [3.63, 3.8) is 0 Å². The molecule has 5 rings (SSSR count). The van der Waals surface area contributed by atoms with Gasteiger partial charge in [0.25, 0.3) is 0 Å². The van der Waals surface area contributed by atoms with Crippen LogP contribution in [0.4, 0.5) is 26.7 Å². The van der Waals surface area contributed by atoms with E-state index in [0.717, 1.165) is 23.1 Å². The molecule has 2 aromatic heterocycles. The fourth-order valence-corrected chi connectivity index (χ4v) is 6.05. The lowest BCUT2D eigenvalue weighted by atomic mass is 9.83. The van der Waals surface area contributed by atoms with E-state index in [1.54, 1.807) is 11.9 Å². The first-order chi connectivity index (χ1) is 22.2. The molecular formula is C30H32F5N7O5. The molecule has 0 saturated carbocycles. The fourth-order valence-electron chi connectivity index (χ4n) is 6.05. The number of carbonyl (C=O) groups is 1. The normalized spacial score (nSPS) is 21.3. The number of likely N-dealkylation sites (tertiary alicyclic amines) is 2. The number of amides is 1. The largest absolute Gasteiger partial charge is 0.474 e. The highest BCUT2D eigenvalue weighted by atomic mass is 19.4. The van der Waals surface area contributed by atoms with Crippen LogP contribution in [0.5, 0.6) is 11.8 Å². The van der Waals surface area contributed by atoms with Crippen molar-refractivity contribution in [3.05, 3.63) is 47.4 Å². The van der Waals surface area contributed by atoms with Crippen LogP contribution < -0.4 is 9.47 Å². The minimum absolute atomic E-state index is 0.0493. The highest BCUT2D eigenvalue weighted by Crippen LogP contribution is 2.37. The zero-order valence-corrected chi connectivity index (χ0v) is 25.7. The highest BCUT2D eigenvalue weighted by molar-refractivity contribution is 5.65. The Morgan fingerprint density at radius 1 is 1.13 bits per heavy atom. The number of piperidine rings is 1. The van der Waals surface area contributed by atoms with E-state index >= 15 is 0 Å². The Kier molecular flexibility index (Phi) is 9.53. The Morgan fingerprint density at radius 3 is 2.45 bits per heavy atom. The Labute approximate surface area is 266 Å². The monoisotopic (exact) mass is 665 g/mol.